The Balaban J connectivity index is 1.80. The van der Waals surface area contributed by atoms with Crippen molar-refractivity contribution in [2.75, 3.05) is 0 Å². The summed E-state index contributed by atoms with van der Waals surface area (Å²) in [7, 11) is 0. The highest BCUT2D eigenvalue weighted by molar-refractivity contribution is 7.16. The van der Waals surface area contributed by atoms with Gasteiger partial charge in [0.1, 0.15) is 16.5 Å². The van der Waals surface area contributed by atoms with Crippen molar-refractivity contribution in [1.82, 2.24) is 4.98 Å². The Morgan fingerprint density at radius 2 is 1.96 bits per heavy atom. The summed E-state index contributed by atoms with van der Waals surface area (Å²) in [6, 6.07) is 4.68. The van der Waals surface area contributed by atoms with Gasteiger partial charge in [0, 0.05) is 11.6 Å². The van der Waals surface area contributed by atoms with Crippen molar-refractivity contribution in [1.29, 1.82) is 0 Å². The number of aromatic nitrogens is 1. The number of fused-ring (bicyclic) bond motifs is 3. The molecule has 0 radical (unpaired) electrons. The number of benzene rings is 1. The largest absolute Gasteiger partial charge is 0.508 e. The van der Waals surface area contributed by atoms with Crippen molar-refractivity contribution in [2.45, 2.75) is 40.0 Å². The molecule has 0 saturated carbocycles. The third kappa shape index (κ3) is 2.67. The van der Waals surface area contributed by atoms with Gasteiger partial charge >= 0.3 is 0 Å². The first-order valence-electron chi connectivity index (χ1n) is 9.17. The van der Waals surface area contributed by atoms with Gasteiger partial charge in [-0.1, -0.05) is 32.1 Å². The van der Waals surface area contributed by atoms with Gasteiger partial charge in [-0.2, -0.15) is 0 Å². The normalized spacial score (nSPS) is 27.4. The Labute approximate surface area is 158 Å². The highest BCUT2D eigenvalue weighted by Crippen LogP contribution is 2.57. The molecule has 3 atom stereocenters. The van der Waals surface area contributed by atoms with Gasteiger partial charge in [-0.05, 0) is 61.1 Å². The van der Waals surface area contributed by atoms with Gasteiger partial charge < -0.3 is 10.2 Å². The molecule has 2 aliphatic carbocycles. The number of phenols is 2. The first-order chi connectivity index (χ1) is 12.3. The Kier molecular flexibility index (Phi) is 3.99. The van der Waals surface area contributed by atoms with E-state index in [0.717, 1.165) is 35.5 Å². The summed E-state index contributed by atoms with van der Waals surface area (Å²) in [4.78, 5) is 6.15. The fraction of sp³-hybridized carbons (Fsp3) is 0.409. The fourth-order valence-corrected chi connectivity index (χ4v) is 5.71. The van der Waals surface area contributed by atoms with Crippen molar-refractivity contribution < 1.29 is 10.2 Å². The molecular formula is C22H25NO2S. The van der Waals surface area contributed by atoms with Gasteiger partial charge in [0.25, 0.3) is 0 Å². The lowest BCUT2D eigenvalue weighted by Crippen LogP contribution is -2.36. The van der Waals surface area contributed by atoms with E-state index in [0.29, 0.717) is 11.8 Å². The van der Waals surface area contributed by atoms with Crippen molar-refractivity contribution in [3.63, 3.8) is 0 Å². The third-order valence-corrected chi connectivity index (χ3v) is 7.45. The Bertz CT molecular complexity index is 906. The minimum atomic E-state index is 0.0626. The Morgan fingerprint density at radius 3 is 2.62 bits per heavy atom. The Morgan fingerprint density at radius 1 is 1.27 bits per heavy atom. The molecule has 2 aliphatic rings. The maximum Gasteiger partial charge on any atom is 0.124 e. The molecule has 0 bridgehead atoms. The van der Waals surface area contributed by atoms with E-state index >= 15 is 0 Å². The van der Waals surface area contributed by atoms with Crippen LogP contribution in [-0.2, 0) is 6.42 Å². The fourth-order valence-electron chi connectivity index (χ4n) is 4.45. The molecule has 26 heavy (non-hydrogen) atoms. The number of phenolic OH excluding ortho intramolecular Hbond substituents is 2. The average molecular weight is 368 g/mol. The van der Waals surface area contributed by atoms with E-state index in [2.05, 4.69) is 33.4 Å². The summed E-state index contributed by atoms with van der Waals surface area (Å²) in [6.45, 7) is 11.1. The molecule has 0 unspecified atom stereocenters. The van der Waals surface area contributed by atoms with Gasteiger partial charge in [-0.15, -0.1) is 11.3 Å². The molecule has 4 heteroatoms. The number of thiazole rings is 1. The molecule has 0 spiro atoms. The van der Waals surface area contributed by atoms with Crippen LogP contribution in [0.25, 0.3) is 16.1 Å². The van der Waals surface area contributed by atoms with E-state index < -0.39 is 0 Å². The summed E-state index contributed by atoms with van der Waals surface area (Å²) in [5.41, 5.74) is 4.78. The van der Waals surface area contributed by atoms with E-state index in [4.69, 9.17) is 4.98 Å². The van der Waals surface area contributed by atoms with Crippen LogP contribution in [0.3, 0.4) is 0 Å². The van der Waals surface area contributed by atoms with E-state index in [1.54, 1.807) is 23.5 Å². The maximum atomic E-state index is 9.81. The van der Waals surface area contributed by atoms with Crippen molar-refractivity contribution in [3.8, 4) is 22.1 Å². The molecule has 1 aromatic heterocycles. The average Bonchev–Trinajstić information content (AvgIpc) is 2.97. The second-order valence-corrected chi connectivity index (χ2v) is 9.16. The first-order valence-corrected chi connectivity index (χ1v) is 9.99. The van der Waals surface area contributed by atoms with Crippen molar-refractivity contribution >= 4 is 16.9 Å². The lowest BCUT2D eigenvalue weighted by Gasteiger charge is -2.46. The maximum absolute atomic E-state index is 9.81. The van der Waals surface area contributed by atoms with Gasteiger partial charge in [-0.3, -0.25) is 0 Å². The molecule has 0 fully saturated rings. The van der Waals surface area contributed by atoms with Gasteiger partial charge in [0.05, 0.1) is 10.6 Å². The molecule has 2 aromatic rings. The molecule has 0 amide bonds. The standard InChI is InChI=1S/C22H25NO2S/c1-12(2)14-5-6-18-20-19(7-13(3)22(18,4)11-14)23-21(26-20)15-8-16(24)10-17(25)9-15/h6,8-10,13-14,24-25H,1,5,7,11H2,2-4H3/t13-,14-,22+/m1/s1. The highest BCUT2D eigenvalue weighted by atomic mass is 32.1. The SMILES string of the molecule is C=C(C)[C@@H]1CC=C2c3sc(-c4cc(O)cc(O)c4)nc3C[C@@H](C)[C@]2(C)C1. The van der Waals surface area contributed by atoms with Crippen LogP contribution in [-0.4, -0.2) is 15.2 Å². The molecular weight excluding hydrogens is 342 g/mol. The molecule has 0 saturated heterocycles. The number of aromatic hydroxyl groups is 2. The molecule has 1 heterocycles. The second-order valence-electron chi connectivity index (χ2n) is 8.16. The number of nitrogens with zero attached hydrogens (tertiary/aromatic N) is 1. The third-order valence-electron chi connectivity index (χ3n) is 6.27. The van der Waals surface area contributed by atoms with Crippen LogP contribution in [0.5, 0.6) is 11.5 Å². The van der Waals surface area contributed by atoms with E-state index in [1.807, 2.05) is 0 Å². The molecule has 3 nitrogen and oxygen atoms in total. The van der Waals surface area contributed by atoms with E-state index in [1.165, 1.54) is 22.1 Å². The molecule has 4 rings (SSSR count). The van der Waals surface area contributed by atoms with Crippen LogP contribution in [0.15, 0.2) is 36.4 Å². The zero-order valence-electron chi connectivity index (χ0n) is 15.5. The second kappa shape index (κ2) is 5.98. The summed E-state index contributed by atoms with van der Waals surface area (Å²) in [5.74, 6) is 1.21. The zero-order chi connectivity index (χ0) is 18.6. The number of hydrogen-bond acceptors (Lipinski definition) is 4. The van der Waals surface area contributed by atoms with Gasteiger partial charge in [-0.25, -0.2) is 4.98 Å². The minimum Gasteiger partial charge on any atom is -0.508 e. The summed E-state index contributed by atoms with van der Waals surface area (Å²) < 4.78 is 0. The molecule has 0 aliphatic heterocycles. The smallest absolute Gasteiger partial charge is 0.124 e. The summed E-state index contributed by atoms with van der Waals surface area (Å²) in [5, 5.41) is 20.5. The van der Waals surface area contributed by atoms with Crippen LogP contribution in [0, 0.1) is 17.3 Å². The van der Waals surface area contributed by atoms with Crippen LogP contribution in [0.1, 0.15) is 44.2 Å². The van der Waals surface area contributed by atoms with Crippen LogP contribution >= 0.6 is 11.3 Å². The van der Waals surface area contributed by atoms with Crippen molar-refractivity contribution in [3.05, 3.63) is 47.0 Å². The van der Waals surface area contributed by atoms with E-state index in [-0.39, 0.29) is 16.9 Å². The lowest BCUT2D eigenvalue weighted by atomic mass is 9.59. The lowest BCUT2D eigenvalue weighted by molar-refractivity contribution is 0.217. The van der Waals surface area contributed by atoms with Crippen LogP contribution < -0.4 is 0 Å². The topological polar surface area (TPSA) is 53.4 Å². The number of allylic oxidation sites excluding steroid dienone is 3. The molecule has 136 valence electrons. The highest BCUT2D eigenvalue weighted by Gasteiger charge is 2.45. The van der Waals surface area contributed by atoms with Crippen LogP contribution in [0.4, 0.5) is 0 Å². The van der Waals surface area contributed by atoms with Crippen molar-refractivity contribution in [2.24, 2.45) is 17.3 Å². The predicted octanol–water partition coefficient (Wildman–Crippen LogP) is 5.79. The first kappa shape index (κ1) is 17.3. The predicted molar refractivity (Wildman–Crippen MR) is 107 cm³/mol. The number of rotatable bonds is 2. The van der Waals surface area contributed by atoms with Gasteiger partial charge in [0.15, 0.2) is 0 Å². The minimum absolute atomic E-state index is 0.0626. The monoisotopic (exact) mass is 367 g/mol. The van der Waals surface area contributed by atoms with E-state index in [9.17, 15) is 10.2 Å². The Hall–Kier alpha value is -2.07. The zero-order valence-corrected chi connectivity index (χ0v) is 16.4. The van der Waals surface area contributed by atoms with Crippen LogP contribution in [0.2, 0.25) is 0 Å². The summed E-state index contributed by atoms with van der Waals surface area (Å²) in [6.07, 6.45) is 5.56. The number of hydrogen-bond donors (Lipinski definition) is 2. The molecule has 1 aromatic carbocycles. The quantitative estimate of drug-likeness (QED) is 0.661. The summed E-state index contributed by atoms with van der Waals surface area (Å²) >= 11 is 1.68. The van der Waals surface area contributed by atoms with Gasteiger partial charge in [0.2, 0.25) is 0 Å². The molecule has 2 N–H and O–H groups in total.